The number of para-hydroxylation sites is 3. The Balaban J connectivity index is 0.00000276. The number of hydrogen-bond donors (Lipinski definition) is 1. The van der Waals surface area contributed by atoms with E-state index in [-0.39, 0.29) is 33.5 Å². The Bertz CT molecular complexity index is 1940. The van der Waals surface area contributed by atoms with E-state index in [2.05, 4.69) is 23.2 Å². The van der Waals surface area contributed by atoms with Gasteiger partial charge in [0.05, 0.1) is 0 Å². The molecule has 6 aromatic rings. The summed E-state index contributed by atoms with van der Waals surface area (Å²) < 4.78 is 13.2. The van der Waals surface area contributed by atoms with Crippen LogP contribution < -0.4 is 25.9 Å². The van der Waals surface area contributed by atoms with Crippen molar-refractivity contribution in [3.8, 4) is 62.5 Å². The number of aromatic hydroxyl groups is 1. The molecule has 2 aliphatic heterocycles. The van der Waals surface area contributed by atoms with Crippen LogP contribution in [0.4, 0.5) is 0 Å². The van der Waals surface area contributed by atoms with Crippen molar-refractivity contribution >= 4 is 23.1 Å². The molecule has 0 atom stereocenters. The molecular formula is C34H20BN2O3Pt-. The van der Waals surface area contributed by atoms with E-state index in [1.54, 1.807) is 18.3 Å². The summed E-state index contributed by atoms with van der Waals surface area (Å²) in [6.07, 6.45) is 1.77. The number of phenols is 1. The van der Waals surface area contributed by atoms with Gasteiger partial charge in [-0.05, 0) is 41.3 Å². The van der Waals surface area contributed by atoms with Crippen molar-refractivity contribution in [1.82, 2.24) is 9.97 Å². The number of hydrogen-bond acceptors (Lipinski definition) is 5. The van der Waals surface area contributed by atoms with Gasteiger partial charge in [0.15, 0.2) is 5.75 Å². The monoisotopic (exact) mass is 710 g/mol. The molecular weight excluding hydrogens is 690 g/mol. The summed E-state index contributed by atoms with van der Waals surface area (Å²) in [5.74, 6) is 2.88. The van der Waals surface area contributed by atoms with Gasteiger partial charge in [0.1, 0.15) is 28.7 Å². The molecule has 41 heavy (non-hydrogen) atoms. The molecule has 0 aliphatic carbocycles. The Morgan fingerprint density at radius 1 is 0.634 bits per heavy atom. The fourth-order valence-electron chi connectivity index (χ4n) is 5.68. The number of aromatic nitrogens is 2. The summed E-state index contributed by atoms with van der Waals surface area (Å²) in [6.45, 7) is -0.134. The molecule has 0 bridgehead atoms. The largest absolute Gasteiger partial charge is 0.507 e. The Kier molecular flexibility index (Phi) is 6.21. The number of ether oxygens (including phenoxy) is 2. The smallest absolute Gasteiger partial charge is 0.259 e. The minimum Gasteiger partial charge on any atom is -0.507 e. The summed E-state index contributed by atoms with van der Waals surface area (Å²) in [6, 6.07) is 38.6. The number of fused-ring (bicyclic) bond motifs is 4. The molecule has 7 heteroatoms. The molecule has 198 valence electrons. The van der Waals surface area contributed by atoms with Gasteiger partial charge >= 0.3 is 0 Å². The van der Waals surface area contributed by atoms with Gasteiger partial charge in [0, 0.05) is 49.7 Å². The van der Waals surface area contributed by atoms with E-state index in [0.717, 1.165) is 44.7 Å². The third kappa shape index (κ3) is 4.06. The van der Waals surface area contributed by atoms with Gasteiger partial charge in [-0.25, -0.2) is 0 Å². The number of benzene rings is 4. The summed E-state index contributed by atoms with van der Waals surface area (Å²) in [5.41, 5.74) is 7.17. The molecule has 0 spiro atoms. The number of phenolic OH excluding ortho intramolecular Hbond substituents is 1. The van der Waals surface area contributed by atoms with Crippen LogP contribution >= 0.6 is 0 Å². The predicted molar refractivity (Wildman–Crippen MR) is 157 cm³/mol. The van der Waals surface area contributed by atoms with Crippen molar-refractivity contribution < 1.29 is 35.6 Å². The Labute approximate surface area is 251 Å². The minimum atomic E-state index is -0.134. The molecule has 5 nitrogen and oxygen atoms in total. The number of rotatable bonds is 3. The van der Waals surface area contributed by atoms with Crippen molar-refractivity contribution in [3.05, 3.63) is 121 Å². The zero-order valence-corrected chi connectivity index (χ0v) is 23.8. The first kappa shape index (κ1) is 25.3. The van der Waals surface area contributed by atoms with Crippen molar-refractivity contribution in [2.45, 2.75) is 0 Å². The molecule has 8 rings (SSSR count). The van der Waals surface area contributed by atoms with Crippen molar-refractivity contribution in [3.63, 3.8) is 0 Å². The van der Waals surface area contributed by atoms with Gasteiger partial charge in [-0.1, -0.05) is 71.8 Å². The second-order valence-corrected chi connectivity index (χ2v) is 9.80. The minimum absolute atomic E-state index is 0. The van der Waals surface area contributed by atoms with Crippen LogP contribution in [-0.4, -0.2) is 21.8 Å². The van der Waals surface area contributed by atoms with Gasteiger partial charge in [-0.3, -0.25) is 9.97 Å². The van der Waals surface area contributed by atoms with Crippen LogP contribution in [0.3, 0.4) is 0 Å². The quantitative estimate of drug-likeness (QED) is 0.188. The average molecular weight is 710 g/mol. The first-order valence-corrected chi connectivity index (χ1v) is 13.1. The molecule has 0 amide bonds. The maximum Gasteiger partial charge on any atom is 0.259 e. The van der Waals surface area contributed by atoms with E-state index in [0.29, 0.717) is 28.5 Å². The molecule has 4 aromatic carbocycles. The summed E-state index contributed by atoms with van der Waals surface area (Å²) in [5, 5.41) is 10.9. The van der Waals surface area contributed by atoms with E-state index in [1.807, 2.05) is 84.9 Å². The van der Waals surface area contributed by atoms with Crippen LogP contribution in [0, 0.1) is 6.07 Å². The molecule has 0 unspecified atom stereocenters. The molecule has 0 saturated heterocycles. The molecule has 0 saturated carbocycles. The van der Waals surface area contributed by atoms with Gasteiger partial charge in [-0.2, -0.15) is 0 Å². The van der Waals surface area contributed by atoms with Crippen LogP contribution in [0.1, 0.15) is 0 Å². The first-order valence-electron chi connectivity index (χ1n) is 13.1. The van der Waals surface area contributed by atoms with Gasteiger partial charge in [-0.15, -0.1) is 24.3 Å². The fourth-order valence-corrected chi connectivity index (χ4v) is 5.68. The molecule has 0 radical (unpaired) electrons. The summed E-state index contributed by atoms with van der Waals surface area (Å²) in [7, 11) is 0. The van der Waals surface area contributed by atoms with Crippen LogP contribution in [0.5, 0.6) is 28.7 Å². The van der Waals surface area contributed by atoms with E-state index in [1.165, 1.54) is 0 Å². The normalized spacial score (nSPS) is 12.1. The van der Waals surface area contributed by atoms with Crippen molar-refractivity contribution in [1.29, 1.82) is 0 Å². The van der Waals surface area contributed by atoms with Crippen LogP contribution in [0.15, 0.2) is 115 Å². The first-order chi connectivity index (χ1) is 19.8. The molecule has 1 N–H and O–H groups in total. The summed E-state index contributed by atoms with van der Waals surface area (Å²) in [4.78, 5) is 9.66. The van der Waals surface area contributed by atoms with Crippen molar-refractivity contribution in [2.24, 2.45) is 0 Å². The van der Waals surface area contributed by atoms with E-state index < -0.39 is 0 Å². The van der Waals surface area contributed by atoms with Crippen LogP contribution in [0.25, 0.3) is 33.8 Å². The topological polar surface area (TPSA) is 64.5 Å². The van der Waals surface area contributed by atoms with Crippen LogP contribution in [-0.2, 0) is 21.1 Å². The predicted octanol–water partition coefficient (Wildman–Crippen LogP) is 5.71. The van der Waals surface area contributed by atoms with E-state index in [9.17, 15) is 5.11 Å². The summed E-state index contributed by atoms with van der Waals surface area (Å²) >= 11 is 0. The molecule has 2 aromatic heterocycles. The third-order valence-electron chi connectivity index (χ3n) is 7.47. The average Bonchev–Trinajstić information content (AvgIpc) is 3.02. The zero-order chi connectivity index (χ0) is 26.6. The maximum absolute atomic E-state index is 10.9. The van der Waals surface area contributed by atoms with Gasteiger partial charge in [0.2, 0.25) is 0 Å². The van der Waals surface area contributed by atoms with E-state index >= 15 is 0 Å². The number of pyridine rings is 2. The molecule has 4 heterocycles. The van der Waals surface area contributed by atoms with Gasteiger partial charge in [0.25, 0.3) is 6.71 Å². The van der Waals surface area contributed by atoms with Crippen LogP contribution in [0.2, 0.25) is 0 Å². The van der Waals surface area contributed by atoms with Crippen molar-refractivity contribution in [2.75, 3.05) is 0 Å². The maximum atomic E-state index is 10.9. The molecule has 0 fully saturated rings. The molecule has 2 aliphatic rings. The number of nitrogens with zero attached hydrogens (tertiary/aromatic N) is 2. The SMILES string of the molecule is Oc1ccccc1-c1nc(-c2[c-]c(-c3ccccn3)ccc2)c2c3c1Oc1ccccc1B3c1ccccc1O2.[Pt]. The van der Waals surface area contributed by atoms with Gasteiger partial charge < -0.3 is 14.6 Å². The zero-order valence-electron chi connectivity index (χ0n) is 21.5. The Hall–Kier alpha value is -4.67. The Morgan fingerprint density at radius 3 is 1.98 bits per heavy atom. The second kappa shape index (κ2) is 10.1. The van der Waals surface area contributed by atoms with E-state index in [4.69, 9.17) is 14.5 Å². The third-order valence-corrected chi connectivity index (χ3v) is 7.47. The Morgan fingerprint density at radius 2 is 1.27 bits per heavy atom. The second-order valence-electron chi connectivity index (χ2n) is 9.80. The fraction of sp³-hybridized carbons (Fsp3) is 0. The standard InChI is InChI=1S/C34H20BN2O3.Pt/c38-27-16-4-1-12-23(27)32-34-30-33(31(37-32)22-11-9-10-21(20-22)26-15-7-8-19-36-26)39-28-17-5-2-13-24(28)35(30)25-14-3-6-18-29(25)40-34;/h1-19,38H;/q-1;.